The van der Waals surface area contributed by atoms with Gasteiger partial charge in [0.1, 0.15) is 11.1 Å². The van der Waals surface area contributed by atoms with E-state index in [0.717, 1.165) is 17.8 Å². The molecule has 1 aliphatic rings. The number of halogens is 2. The molecule has 1 amide bonds. The highest BCUT2D eigenvalue weighted by Gasteiger charge is 2.34. The highest BCUT2D eigenvalue weighted by Crippen LogP contribution is 2.22. The fourth-order valence-electron chi connectivity index (χ4n) is 3.08. The van der Waals surface area contributed by atoms with Crippen LogP contribution in [0.25, 0.3) is 0 Å². The minimum absolute atomic E-state index is 0.0534. The first-order valence-electron chi connectivity index (χ1n) is 8.58. The minimum Gasteiger partial charge on any atom is -0.368 e. The van der Waals surface area contributed by atoms with Crippen LogP contribution in [0.5, 0.6) is 0 Å². The first kappa shape index (κ1) is 19.6. The minimum atomic E-state index is -3.86. The van der Waals surface area contributed by atoms with Crippen molar-refractivity contribution in [3.63, 3.8) is 0 Å². The average Bonchev–Trinajstić information content (AvgIpc) is 2.67. The second kappa shape index (κ2) is 7.86. The normalized spacial score (nSPS) is 16.3. The van der Waals surface area contributed by atoms with Crippen molar-refractivity contribution in [2.45, 2.75) is 17.1 Å². The summed E-state index contributed by atoms with van der Waals surface area (Å²) < 4.78 is 38.4. The topological polar surface area (TPSA) is 57.7 Å². The van der Waals surface area contributed by atoms with E-state index in [1.165, 1.54) is 19.1 Å². The van der Waals surface area contributed by atoms with Crippen LogP contribution in [0.4, 0.5) is 10.1 Å². The summed E-state index contributed by atoms with van der Waals surface area (Å²) in [5.74, 6) is -0.963. The Morgan fingerprint density at radius 3 is 2.30 bits per heavy atom. The average molecular weight is 411 g/mol. The van der Waals surface area contributed by atoms with Gasteiger partial charge in [0.05, 0.1) is 4.90 Å². The number of piperazine rings is 1. The van der Waals surface area contributed by atoms with Crippen molar-refractivity contribution in [2.24, 2.45) is 0 Å². The Morgan fingerprint density at radius 2 is 1.70 bits per heavy atom. The molecule has 3 rings (SSSR count). The van der Waals surface area contributed by atoms with E-state index >= 15 is 0 Å². The SMILES string of the molecule is CC(C(=O)N1CCN(c2cccc(Cl)c2)CC1)S(=O)(=O)c1ccc(F)cc1. The number of hydrogen-bond donors (Lipinski definition) is 0. The van der Waals surface area contributed by atoms with Gasteiger partial charge in [-0.05, 0) is 49.4 Å². The summed E-state index contributed by atoms with van der Waals surface area (Å²) >= 11 is 6.02. The summed E-state index contributed by atoms with van der Waals surface area (Å²) in [6.45, 7) is 3.42. The third-order valence-corrected chi connectivity index (χ3v) is 7.02. The summed E-state index contributed by atoms with van der Waals surface area (Å²) in [7, 11) is -3.86. The molecular weight excluding hydrogens is 391 g/mol. The lowest BCUT2D eigenvalue weighted by Crippen LogP contribution is -2.52. The lowest BCUT2D eigenvalue weighted by atomic mass is 10.2. The Morgan fingerprint density at radius 1 is 1.07 bits per heavy atom. The molecule has 1 fully saturated rings. The van der Waals surface area contributed by atoms with Crippen LogP contribution in [0, 0.1) is 5.82 Å². The highest BCUT2D eigenvalue weighted by molar-refractivity contribution is 7.92. The molecule has 1 atom stereocenters. The third-order valence-electron chi connectivity index (χ3n) is 4.72. The Hall–Kier alpha value is -2.12. The molecule has 0 radical (unpaired) electrons. The van der Waals surface area contributed by atoms with Crippen LogP contribution in [-0.4, -0.2) is 50.7 Å². The van der Waals surface area contributed by atoms with Crippen LogP contribution < -0.4 is 4.90 Å². The zero-order valence-electron chi connectivity index (χ0n) is 14.8. The zero-order chi connectivity index (χ0) is 19.6. The maximum atomic E-state index is 13.0. The van der Waals surface area contributed by atoms with Crippen molar-refractivity contribution in [1.29, 1.82) is 0 Å². The molecule has 5 nitrogen and oxygen atoms in total. The first-order valence-corrected chi connectivity index (χ1v) is 10.5. The molecule has 1 saturated heterocycles. The van der Waals surface area contributed by atoms with Crippen molar-refractivity contribution >= 4 is 33.0 Å². The Bertz CT molecular complexity index is 926. The molecule has 0 spiro atoms. The van der Waals surface area contributed by atoms with Gasteiger partial charge < -0.3 is 9.80 Å². The van der Waals surface area contributed by atoms with Gasteiger partial charge in [-0.2, -0.15) is 0 Å². The van der Waals surface area contributed by atoms with E-state index in [0.29, 0.717) is 31.2 Å². The van der Waals surface area contributed by atoms with Crippen molar-refractivity contribution in [1.82, 2.24) is 4.90 Å². The molecule has 1 aliphatic heterocycles. The van der Waals surface area contributed by atoms with Gasteiger partial charge in [-0.25, -0.2) is 12.8 Å². The van der Waals surface area contributed by atoms with Gasteiger partial charge in [0.15, 0.2) is 9.84 Å². The monoisotopic (exact) mass is 410 g/mol. The van der Waals surface area contributed by atoms with Gasteiger partial charge >= 0.3 is 0 Å². The van der Waals surface area contributed by atoms with Gasteiger partial charge in [-0.1, -0.05) is 17.7 Å². The number of hydrogen-bond acceptors (Lipinski definition) is 4. The molecule has 1 heterocycles. The smallest absolute Gasteiger partial charge is 0.241 e. The molecular formula is C19H20ClFN2O3S. The summed E-state index contributed by atoms with van der Waals surface area (Å²) in [5, 5.41) is -0.578. The molecule has 0 aliphatic carbocycles. The van der Waals surface area contributed by atoms with Gasteiger partial charge in [-0.15, -0.1) is 0 Å². The molecule has 0 aromatic heterocycles. The number of anilines is 1. The second-order valence-corrected chi connectivity index (χ2v) is 9.14. The van der Waals surface area contributed by atoms with E-state index in [9.17, 15) is 17.6 Å². The first-order chi connectivity index (χ1) is 12.8. The van der Waals surface area contributed by atoms with E-state index in [-0.39, 0.29) is 4.90 Å². The standard InChI is InChI=1S/C19H20ClFN2O3S/c1-14(27(25,26)18-7-5-16(21)6-8-18)19(24)23-11-9-22(10-12-23)17-4-2-3-15(20)13-17/h2-8,13-14H,9-12H2,1H3. The zero-order valence-corrected chi connectivity index (χ0v) is 16.4. The van der Waals surface area contributed by atoms with E-state index in [1.54, 1.807) is 11.0 Å². The van der Waals surface area contributed by atoms with E-state index in [4.69, 9.17) is 11.6 Å². The quantitative estimate of drug-likeness (QED) is 0.727. The lowest BCUT2D eigenvalue weighted by Gasteiger charge is -2.37. The molecule has 2 aromatic carbocycles. The molecule has 144 valence electrons. The van der Waals surface area contributed by atoms with Crippen molar-refractivity contribution in [3.05, 3.63) is 59.4 Å². The van der Waals surface area contributed by atoms with Crippen LogP contribution in [0.2, 0.25) is 5.02 Å². The molecule has 0 saturated carbocycles. The summed E-state index contributed by atoms with van der Waals surface area (Å²) in [5.41, 5.74) is 0.974. The van der Waals surface area contributed by atoms with Crippen LogP contribution >= 0.6 is 11.6 Å². The van der Waals surface area contributed by atoms with Crippen molar-refractivity contribution < 1.29 is 17.6 Å². The number of amides is 1. The predicted molar refractivity (Wildman–Crippen MR) is 103 cm³/mol. The van der Waals surface area contributed by atoms with Gasteiger partial charge in [0.25, 0.3) is 0 Å². The van der Waals surface area contributed by atoms with E-state index in [2.05, 4.69) is 4.90 Å². The van der Waals surface area contributed by atoms with Gasteiger partial charge in [0.2, 0.25) is 5.91 Å². The van der Waals surface area contributed by atoms with Gasteiger partial charge in [0, 0.05) is 36.9 Å². The number of sulfone groups is 1. The summed E-state index contributed by atoms with van der Waals surface area (Å²) in [6.07, 6.45) is 0. The number of carbonyl (C=O) groups is 1. The molecule has 1 unspecified atom stereocenters. The van der Waals surface area contributed by atoms with Gasteiger partial charge in [-0.3, -0.25) is 4.79 Å². The van der Waals surface area contributed by atoms with Crippen molar-refractivity contribution in [2.75, 3.05) is 31.1 Å². The largest absolute Gasteiger partial charge is 0.368 e. The number of carbonyl (C=O) groups excluding carboxylic acids is 1. The maximum absolute atomic E-state index is 13.0. The molecule has 27 heavy (non-hydrogen) atoms. The van der Waals surface area contributed by atoms with E-state index in [1.807, 2.05) is 18.2 Å². The van der Waals surface area contributed by atoms with Crippen molar-refractivity contribution in [3.8, 4) is 0 Å². The lowest BCUT2D eigenvalue weighted by molar-refractivity contribution is -0.130. The van der Waals surface area contributed by atoms with Crippen LogP contribution in [-0.2, 0) is 14.6 Å². The Kier molecular flexibility index (Phi) is 5.72. The number of nitrogens with zero attached hydrogens (tertiary/aromatic N) is 2. The Labute approximate surface area is 163 Å². The highest BCUT2D eigenvalue weighted by atomic mass is 35.5. The van der Waals surface area contributed by atoms with E-state index < -0.39 is 26.8 Å². The number of rotatable bonds is 4. The van der Waals surface area contributed by atoms with Crippen LogP contribution in [0.3, 0.4) is 0 Å². The second-order valence-electron chi connectivity index (χ2n) is 6.43. The predicted octanol–water partition coefficient (Wildman–Crippen LogP) is 2.99. The summed E-state index contributed by atoms with van der Waals surface area (Å²) in [6, 6.07) is 12.0. The molecule has 2 aromatic rings. The molecule has 0 bridgehead atoms. The van der Waals surface area contributed by atoms with Crippen LogP contribution in [0.1, 0.15) is 6.92 Å². The summed E-state index contributed by atoms with van der Waals surface area (Å²) in [4.78, 5) is 16.3. The fourth-order valence-corrected chi connectivity index (χ4v) is 4.60. The molecule has 8 heteroatoms. The fraction of sp³-hybridized carbons (Fsp3) is 0.316. The number of benzene rings is 2. The molecule has 0 N–H and O–H groups in total. The maximum Gasteiger partial charge on any atom is 0.241 e. The Balaban J connectivity index is 1.67. The van der Waals surface area contributed by atoms with Crippen LogP contribution in [0.15, 0.2) is 53.4 Å². The third kappa shape index (κ3) is 4.25.